The minimum absolute atomic E-state index is 0. The fraction of sp³-hybridized carbons (Fsp3) is 0.600. The van der Waals surface area contributed by atoms with Crippen molar-refractivity contribution < 1.29 is 1.43 Å². The summed E-state index contributed by atoms with van der Waals surface area (Å²) >= 11 is 0. The second-order valence-electron chi connectivity index (χ2n) is 2.80. The van der Waals surface area contributed by atoms with Crippen LogP contribution >= 0.6 is 0 Å². The lowest BCUT2D eigenvalue weighted by Gasteiger charge is -2.09. The van der Waals surface area contributed by atoms with E-state index in [1.54, 1.807) is 0 Å². The maximum atomic E-state index is 3.70. The summed E-state index contributed by atoms with van der Waals surface area (Å²) in [6, 6.07) is 0. The van der Waals surface area contributed by atoms with Crippen LogP contribution in [0.3, 0.4) is 0 Å². The third kappa shape index (κ3) is 3.49. The summed E-state index contributed by atoms with van der Waals surface area (Å²) in [5, 5.41) is 0. The lowest BCUT2D eigenvalue weighted by Crippen LogP contribution is -1.94. The smallest absolute Gasteiger partial charge is 0 e. The zero-order chi connectivity index (χ0) is 7.98. The molecule has 0 radical (unpaired) electrons. The van der Waals surface area contributed by atoms with E-state index in [1.165, 1.54) is 12.0 Å². The molecule has 0 aromatic carbocycles. The molecule has 0 aliphatic rings. The molecular weight excluding hydrogens is 120 g/mol. The zero-order valence-electron chi connectivity index (χ0n) is 7.35. The van der Waals surface area contributed by atoms with Crippen LogP contribution < -0.4 is 0 Å². The number of hydrogen-bond acceptors (Lipinski definition) is 0. The minimum Gasteiger partial charge on any atom is -0.103 e. The fourth-order valence-corrected chi connectivity index (χ4v) is 0.880. The summed E-state index contributed by atoms with van der Waals surface area (Å²) in [6.45, 7) is 10.2. The first-order valence-corrected chi connectivity index (χ1v) is 3.96. The van der Waals surface area contributed by atoms with Gasteiger partial charge in [0.25, 0.3) is 0 Å². The van der Waals surface area contributed by atoms with Crippen molar-refractivity contribution in [3.8, 4) is 0 Å². The third-order valence-electron chi connectivity index (χ3n) is 2.04. The summed E-state index contributed by atoms with van der Waals surface area (Å²) in [5.41, 5.74) is 1.49. The van der Waals surface area contributed by atoms with Crippen molar-refractivity contribution in [2.75, 3.05) is 0 Å². The van der Waals surface area contributed by atoms with Crippen LogP contribution in [0.25, 0.3) is 0 Å². The molecule has 0 aliphatic heterocycles. The monoisotopic (exact) mass is 140 g/mol. The molecule has 0 N–H and O–H groups in total. The van der Waals surface area contributed by atoms with Crippen LogP contribution in [-0.4, -0.2) is 0 Å². The van der Waals surface area contributed by atoms with E-state index >= 15 is 0 Å². The van der Waals surface area contributed by atoms with E-state index in [9.17, 15) is 0 Å². The number of hydrogen-bond donors (Lipinski definition) is 0. The van der Waals surface area contributed by atoms with Gasteiger partial charge in [-0.3, -0.25) is 0 Å². The Morgan fingerprint density at radius 3 is 2.70 bits per heavy atom. The van der Waals surface area contributed by atoms with E-state index in [1.807, 2.05) is 6.08 Å². The molecule has 0 saturated heterocycles. The van der Waals surface area contributed by atoms with Gasteiger partial charge in [0.15, 0.2) is 0 Å². The third-order valence-corrected chi connectivity index (χ3v) is 2.04. The highest BCUT2D eigenvalue weighted by Gasteiger charge is 2.00. The van der Waals surface area contributed by atoms with Crippen LogP contribution in [0.2, 0.25) is 0 Å². The largest absolute Gasteiger partial charge is 0.103 e. The summed E-state index contributed by atoms with van der Waals surface area (Å²) < 4.78 is 0. The van der Waals surface area contributed by atoms with Crippen LogP contribution in [0.5, 0.6) is 0 Å². The summed E-state index contributed by atoms with van der Waals surface area (Å²) in [5.74, 6) is 0.725. The van der Waals surface area contributed by atoms with Gasteiger partial charge in [0.2, 0.25) is 0 Å². The van der Waals surface area contributed by atoms with E-state index in [2.05, 4.69) is 33.4 Å². The predicted molar refractivity (Wildman–Crippen MR) is 50.1 cm³/mol. The molecule has 0 heterocycles. The number of allylic oxidation sites excluding steroid dienone is 3. The first kappa shape index (κ1) is 9.48. The van der Waals surface area contributed by atoms with E-state index in [4.69, 9.17) is 0 Å². The van der Waals surface area contributed by atoms with Gasteiger partial charge in [0.1, 0.15) is 0 Å². The maximum absolute atomic E-state index is 3.70. The highest BCUT2D eigenvalue weighted by molar-refractivity contribution is 5.00. The van der Waals surface area contributed by atoms with Crippen LogP contribution in [0.15, 0.2) is 24.3 Å². The Labute approximate surface area is 66.1 Å². The maximum Gasteiger partial charge on any atom is 0 e. The Kier molecular flexibility index (Phi) is 5.00. The van der Waals surface area contributed by atoms with E-state index in [-0.39, 0.29) is 1.43 Å². The van der Waals surface area contributed by atoms with Crippen molar-refractivity contribution in [2.24, 2.45) is 5.92 Å². The van der Waals surface area contributed by atoms with E-state index in [0.717, 1.165) is 12.3 Å². The summed E-state index contributed by atoms with van der Waals surface area (Å²) in [6.07, 6.45) is 6.54. The average molecular weight is 140 g/mol. The molecule has 10 heavy (non-hydrogen) atoms. The Bertz CT molecular complexity index is 125. The normalized spacial score (nSPS) is 14.9. The predicted octanol–water partition coefficient (Wildman–Crippen LogP) is 3.80. The molecule has 0 heteroatoms. The van der Waals surface area contributed by atoms with Gasteiger partial charge in [-0.1, -0.05) is 24.6 Å². The molecule has 0 spiro atoms. The van der Waals surface area contributed by atoms with Gasteiger partial charge >= 0.3 is 0 Å². The first-order valence-electron chi connectivity index (χ1n) is 3.96. The van der Waals surface area contributed by atoms with Crippen molar-refractivity contribution in [2.45, 2.75) is 33.6 Å². The van der Waals surface area contributed by atoms with Crippen LogP contribution in [0.4, 0.5) is 0 Å². The second kappa shape index (κ2) is 5.28. The molecule has 0 rings (SSSR count). The van der Waals surface area contributed by atoms with Crippen molar-refractivity contribution in [1.29, 1.82) is 0 Å². The van der Waals surface area contributed by atoms with Gasteiger partial charge in [-0.25, -0.2) is 0 Å². The highest BCUT2D eigenvalue weighted by atomic mass is 14.1. The molecule has 0 fully saturated rings. The highest BCUT2D eigenvalue weighted by Crippen LogP contribution is 2.15. The average Bonchev–Trinajstić information content (AvgIpc) is 1.98. The molecule has 0 amide bonds. The minimum atomic E-state index is 0. The molecule has 60 valence electrons. The van der Waals surface area contributed by atoms with Gasteiger partial charge in [0.05, 0.1) is 0 Å². The fourth-order valence-electron chi connectivity index (χ4n) is 0.880. The van der Waals surface area contributed by atoms with Crippen molar-refractivity contribution in [3.63, 3.8) is 0 Å². The van der Waals surface area contributed by atoms with Crippen LogP contribution in [0.1, 0.15) is 35.0 Å². The van der Waals surface area contributed by atoms with E-state index < -0.39 is 0 Å². The molecule has 0 bridgehead atoms. The molecule has 0 aliphatic carbocycles. The van der Waals surface area contributed by atoms with E-state index in [0.29, 0.717) is 0 Å². The van der Waals surface area contributed by atoms with Gasteiger partial charge < -0.3 is 0 Å². The van der Waals surface area contributed by atoms with Gasteiger partial charge in [0, 0.05) is 1.43 Å². The molecule has 0 unspecified atom stereocenters. The van der Waals surface area contributed by atoms with Crippen molar-refractivity contribution in [3.05, 3.63) is 24.3 Å². The summed E-state index contributed by atoms with van der Waals surface area (Å²) in [4.78, 5) is 0. The Morgan fingerprint density at radius 1 is 1.70 bits per heavy atom. The molecule has 0 aromatic rings. The SMILES string of the molecule is C=CCC[C@H](C)/C(C)=C/C.[HH]. The molecule has 1 atom stereocenters. The summed E-state index contributed by atoms with van der Waals surface area (Å²) in [7, 11) is 0. The molecule has 0 nitrogen and oxygen atoms in total. The zero-order valence-corrected chi connectivity index (χ0v) is 7.35. The quantitative estimate of drug-likeness (QED) is 0.521. The van der Waals surface area contributed by atoms with Crippen LogP contribution in [0, 0.1) is 5.92 Å². The molecule has 0 saturated carbocycles. The Balaban J connectivity index is 0. The molecule has 0 aromatic heterocycles. The lowest BCUT2D eigenvalue weighted by atomic mass is 9.97. The van der Waals surface area contributed by atoms with Crippen molar-refractivity contribution >= 4 is 0 Å². The molecular formula is C10H20. The van der Waals surface area contributed by atoms with Crippen LogP contribution in [-0.2, 0) is 0 Å². The van der Waals surface area contributed by atoms with Gasteiger partial charge in [-0.15, -0.1) is 6.58 Å². The van der Waals surface area contributed by atoms with Gasteiger partial charge in [-0.2, -0.15) is 0 Å². The second-order valence-corrected chi connectivity index (χ2v) is 2.80. The Hall–Kier alpha value is -0.520. The Morgan fingerprint density at radius 2 is 2.30 bits per heavy atom. The first-order chi connectivity index (χ1) is 4.72. The van der Waals surface area contributed by atoms with Crippen molar-refractivity contribution in [1.82, 2.24) is 0 Å². The number of rotatable bonds is 4. The van der Waals surface area contributed by atoms with Gasteiger partial charge in [-0.05, 0) is 32.6 Å². The standard InChI is InChI=1S/C10H18.H2/c1-5-7-8-10(4)9(3)6-2;/h5-6,10H,1,7-8H2,2-4H3;1H/b9-6+;/t10-;/m0./s1. The lowest BCUT2D eigenvalue weighted by molar-refractivity contribution is 0.621. The topological polar surface area (TPSA) is 0 Å².